The zero-order chi connectivity index (χ0) is 9.68. The highest BCUT2D eigenvalue weighted by molar-refractivity contribution is 14.1. The van der Waals surface area contributed by atoms with Gasteiger partial charge in [-0.05, 0) is 37.5 Å². The molecule has 0 atom stereocenters. The van der Waals surface area contributed by atoms with Crippen molar-refractivity contribution in [3.63, 3.8) is 0 Å². The Morgan fingerprint density at radius 2 is 1.85 bits per heavy atom. The van der Waals surface area contributed by atoms with Crippen LogP contribution in [0.1, 0.15) is 32.6 Å². The van der Waals surface area contributed by atoms with Gasteiger partial charge >= 0.3 is 0 Å². The number of nitrogens with one attached hydrogen (secondary N) is 1. The van der Waals surface area contributed by atoms with Crippen molar-refractivity contribution >= 4 is 28.5 Å². The molecule has 0 spiro atoms. The second-order valence-corrected chi connectivity index (χ2v) is 4.86. The van der Waals surface area contributed by atoms with E-state index >= 15 is 0 Å². The first-order valence-corrected chi connectivity index (χ1v) is 6.55. The molecule has 0 aromatic rings. The number of hydrogen-bond acceptors (Lipinski definition) is 1. The highest BCUT2D eigenvalue weighted by atomic mass is 127. The van der Waals surface area contributed by atoms with Crippen molar-refractivity contribution < 1.29 is 4.79 Å². The third kappa shape index (κ3) is 4.29. The average Bonchev–Trinajstić information content (AvgIpc) is 2.15. The Kier molecular flexibility index (Phi) is 5.06. The van der Waals surface area contributed by atoms with E-state index in [1.54, 1.807) is 6.92 Å². The number of carbonyl (C=O) groups excluding carboxylic acids is 1. The number of halogens is 1. The normalized spacial score (nSPS) is 28.5. The minimum atomic E-state index is 0.107. The van der Waals surface area contributed by atoms with Crippen LogP contribution in [0, 0.1) is 11.8 Å². The van der Waals surface area contributed by atoms with Crippen LogP contribution >= 0.6 is 22.6 Å². The van der Waals surface area contributed by atoms with E-state index in [1.165, 1.54) is 30.1 Å². The summed E-state index contributed by atoms with van der Waals surface area (Å²) in [5, 5.41) is 2.91. The predicted molar refractivity (Wildman–Crippen MR) is 63.0 cm³/mol. The topological polar surface area (TPSA) is 29.1 Å². The Hall–Kier alpha value is 0.200. The Bertz CT molecular complexity index is 164. The van der Waals surface area contributed by atoms with Crippen molar-refractivity contribution in [2.75, 3.05) is 11.0 Å². The molecule has 0 heterocycles. The van der Waals surface area contributed by atoms with Gasteiger partial charge in [0.25, 0.3) is 0 Å². The van der Waals surface area contributed by atoms with Crippen LogP contribution < -0.4 is 5.32 Å². The van der Waals surface area contributed by atoms with Gasteiger partial charge < -0.3 is 5.32 Å². The van der Waals surface area contributed by atoms with Crippen LogP contribution in [-0.2, 0) is 4.79 Å². The van der Waals surface area contributed by atoms with Crippen LogP contribution in [-0.4, -0.2) is 16.9 Å². The SMILES string of the molecule is CC(=O)NCC1CCC(CI)CC1. The minimum Gasteiger partial charge on any atom is -0.356 e. The molecule has 1 fully saturated rings. The van der Waals surface area contributed by atoms with Crippen molar-refractivity contribution in [1.82, 2.24) is 5.32 Å². The standard InChI is InChI=1S/C10H18INO/c1-8(13)12-7-10-4-2-9(6-11)3-5-10/h9-10H,2-7H2,1H3,(H,12,13). The molecule has 2 nitrogen and oxygen atoms in total. The van der Waals surface area contributed by atoms with Gasteiger partial charge in [-0.15, -0.1) is 0 Å². The summed E-state index contributed by atoms with van der Waals surface area (Å²) in [4.78, 5) is 10.7. The summed E-state index contributed by atoms with van der Waals surface area (Å²) in [5.41, 5.74) is 0. The van der Waals surface area contributed by atoms with E-state index in [0.717, 1.165) is 18.4 Å². The second kappa shape index (κ2) is 5.83. The Morgan fingerprint density at radius 3 is 2.31 bits per heavy atom. The van der Waals surface area contributed by atoms with Crippen molar-refractivity contribution in [2.24, 2.45) is 11.8 Å². The fourth-order valence-corrected chi connectivity index (χ4v) is 2.76. The van der Waals surface area contributed by atoms with E-state index in [4.69, 9.17) is 0 Å². The van der Waals surface area contributed by atoms with E-state index in [-0.39, 0.29) is 5.91 Å². The molecular formula is C10H18INO. The molecule has 0 aromatic carbocycles. The van der Waals surface area contributed by atoms with E-state index in [0.29, 0.717) is 0 Å². The molecule has 1 aliphatic carbocycles. The van der Waals surface area contributed by atoms with E-state index in [1.807, 2.05) is 0 Å². The minimum absolute atomic E-state index is 0.107. The first-order chi connectivity index (χ1) is 6.22. The van der Waals surface area contributed by atoms with Crippen molar-refractivity contribution in [3.8, 4) is 0 Å². The molecule has 1 N–H and O–H groups in total. The maximum Gasteiger partial charge on any atom is 0.216 e. The molecule has 13 heavy (non-hydrogen) atoms. The number of alkyl halides is 1. The van der Waals surface area contributed by atoms with Crippen LogP contribution in [0.15, 0.2) is 0 Å². The summed E-state index contributed by atoms with van der Waals surface area (Å²) in [6, 6.07) is 0. The van der Waals surface area contributed by atoms with Crippen molar-refractivity contribution in [3.05, 3.63) is 0 Å². The Balaban J connectivity index is 2.14. The lowest BCUT2D eigenvalue weighted by molar-refractivity contribution is -0.119. The Morgan fingerprint density at radius 1 is 1.31 bits per heavy atom. The zero-order valence-corrected chi connectivity index (χ0v) is 10.3. The lowest BCUT2D eigenvalue weighted by atomic mass is 9.83. The van der Waals surface area contributed by atoms with Crippen molar-refractivity contribution in [1.29, 1.82) is 0 Å². The summed E-state index contributed by atoms with van der Waals surface area (Å²) < 4.78 is 1.30. The molecule has 0 bridgehead atoms. The molecule has 3 heteroatoms. The molecule has 0 unspecified atom stereocenters. The van der Waals surface area contributed by atoms with Gasteiger partial charge in [-0.1, -0.05) is 22.6 Å². The molecule has 0 aromatic heterocycles. The largest absolute Gasteiger partial charge is 0.356 e. The molecule has 1 saturated carbocycles. The van der Waals surface area contributed by atoms with Crippen LogP contribution in [0.3, 0.4) is 0 Å². The fraction of sp³-hybridized carbons (Fsp3) is 0.900. The molecule has 0 aliphatic heterocycles. The third-order valence-corrected chi connectivity index (χ3v) is 4.07. The van der Waals surface area contributed by atoms with Crippen LogP contribution in [0.2, 0.25) is 0 Å². The predicted octanol–water partition coefficient (Wildman–Crippen LogP) is 2.36. The highest BCUT2D eigenvalue weighted by Crippen LogP contribution is 2.29. The summed E-state index contributed by atoms with van der Waals surface area (Å²) in [5.74, 6) is 1.79. The van der Waals surface area contributed by atoms with Crippen LogP contribution in [0.5, 0.6) is 0 Å². The van der Waals surface area contributed by atoms with Gasteiger partial charge in [0, 0.05) is 17.9 Å². The number of hydrogen-bond donors (Lipinski definition) is 1. The van der Waals surface area contributed by atoms with Gasteiger partial charge in [0.2, 0.25) is 5.91 Å². The molecule has 76 valence electrons. The average molecular weight is 295 g/mol. The first-order valence-electron chi connectivity index (χ1n) is 5.02. The smallest absolute Gasteiger partial charge is 0.216 e. The number of rotatable bonds is 3. The maximum absolute atomic E-state index is 10.7. The van der Waals surface area contributed by atoms with Gasteiger partial charge in [0.1, 0.15) is 0 Å². The number of carbonyl (C=O) groups is 1. The van der Waals surface area contributed by atoms with Gasteiger partial charge in [-0.25, -0.2) is 0 Å². The fourth-order valence-electron chi connectivity index (χ4n) is 1.88. The summed E-state index contributed by atoms with van der Waals surface area (Å²) in [6.07, 6.45) is 5.31. The molecule has 1 aliphatic rings. The quantitative estimate of drug-likeness (QED) is 0.628. The zero-order valence-electron chi connectivity index (χ0n) is 8.18. The molecule has 1 rings (SSSR count). The molecular weight excluding hydrogens is 277 g/mol. The second-order valence-electron chi connectivity index (χ2n) is 3.98. The lowest BCUT2D eigenvalue weighted by Gasteiger charge is -2.27. The van der Waals surface area contributed by atoms with E-state index < -0.39 is 0 Å². The third-order valence-electron chi connectivity index (χ3n) is 2.82. The Labute approximate surface area is 94.0 Å². The van der Waals surface area contributed by atoms with Crippen LogP contribution in [0.4, 0.5) is 0 Å². The van der Waals surface area contributed by atoms with E-state index in [2.05, 4.69) is 27.9 Å². The van der Waals surface area contributed by atoms with Gasteiger partial charge in [0.05, 0.1) is 0 Å². The molecule has 0 saturated heterocycles. The number of amides is 1. The van der Waals surface area contributed by atoms with Gasteiger partial charge in [-0.2, -0.15) is 0 Å². The summed E-state index contributed by atoms with van der Waals surface area (Å²) in [6.45, 7) is 2.49. The lowest BCUT2D eigenvalue weighted by Crippen LogP contribution is -2.29. The first kappa shape index (κ1) is 11.3. The highest BCUT2D eigenvalue weighted by Gasteiger charge is 2.19. The van der Waals surface area contributed by atoms with E-state index in [9.17, 15) is 4.79 Å². The van der Waals surface area contributed by atoms with Gasteiger partial charge in [0.15, 0.2) is 0 Å². The molecule has 1 amide bonds. The summed E-state index contributed by atoms with van der Waals surface area (Å²) >= 11 is 2.48. The van der Waals surface area contributed by atoms with Crippen molar-refractivity contribution in [2.45, 2.75) is 32.6 Å². The monoisotopic (exact) mass is 295 g/mol. The van der Waals surface area contributed by atoms with Gasteiger partial charge in [-0.3, -0.25) is 4.79 Å². The maximum atomic E-state index is 10.7. The van der Waals surface area contributed by atoms with Crippen LogP contribution in [0.25, 0.3) is 0 Å². The molecule has 0 radical (unpaired) electrons. The summed E-state index contributed by atoms with van der Waals surface area (Å²) in [7, 11) is 0.